The van der Waals surface area contributed by atoms with Gasteiger partial charge in [-0.1, -0.05) is 26.0 Å². The lowest BCUT2D eigenvalue weighted by molar-refractivity contribution is 0.0954. The first-order valence-electron chi connectivity index (χ1n) is 6.84. The standard InChI is InChI=1S/C15H23FN2O2/c1-11(2)9-20-10-12(3)18-15(19)17-8-13-4-6-14(16)7-5-13/h4-7,11-12H,8-10H2,1-3H3,(H2,17,18,19). The minimum absolute atomic E-state index is 0.0537. The molecule has 2 N–H and O–H groups in total. The van der Waals surface area contributed by atoms with E-state index in [0.29, 0.717) is 25.7 Å². The number of halogens is 1. The number of benzene rings is 1. The molecule has 20 heavy (non-hydrogen) atoms. The molecule has 0 spiro atoms. The molecule has 1 aromatic carbocycles. The molecular formula is C15H23FN2O2. The van der Waals surface area contributed by atoms with Crippen LogP contribution in [-0.2, 0) is 11.3 Å². The van der Waals surface area contributed by atoms with Crippen molar-refractivity contribution in [2.75, 3.05) is 13.2 Å². The van der Waals surface area contributed by atoms with Crippen molar-refractivity contribution in [1.82, 2.24) is 10.6 Å². The number of ether oxygens (including phenoxy) is 1. The molecule has 1 unspecified atom stereocenters. The third kappa shape index (κ3) is 7.09. The molecule has 0 aliphatic carbocycles. The smallest absolute Gasteiger partial charge is 0.315 e. The summed E-state index contributed by atoms with van der Waals surface area (Å²) in [5, 5.41) is 5.51. The van der Waals surface area contributed by atoms with Gasteiger partial charge in [0.25, 0.3) is 0 Å². The number of hydrogen-bond donors (Lipinski definition) is 2. The highest BCUT2D eigenvalue weighted by Gasteiger charge is 2.07. The Labute approximate surface area is 119 Å². The second-order valence-electron chi connectivity index (χ2n) is 5.29. The Hall–Kier alpha value is -1.62. The number of urea groups is 1. The first kappa shape index (κ1) is 16.4. The van der Waals surface area contributed by atoms with E-state index >= 15 is 0 Å². The summed E-state index contributed by atoms with van der Waals surface area (Å²) >= 11 is 0. The van der Waals surface area contributed by atoms with Crippen molar-refractivity contribution >= 4 is 6.03 Å². The largest absolute Gasteiger partial charge is 0.379 e. The number of nitrogens with one attached hydrogen (secondary N) is 2. The summed E-state index contributed by atoms with van der Waals surface area (Å²) in [6.45, 7) is 7.58. The summed E-state index contributed by atoms with van der Waals surface area (Å²) in [7, 11) is 0. The molecule has 0 bridgehead atoms. The Morgan fingerprint density at radius 2 is 1.85 bits per heavy atom. The third-order valence-electron chi connectivity index (χ3n) is 2.56. The Bertz CT molecular complexity index is 407. The van der Waals surface area contributed by atoms with E-state index < -0.39 is 0 Å². The van der Waals surface area contributed by atoms with Crippen LogP contribution in [0.1, 0.15) is 26.3 Å². The van der Waals surface area contributed by atoms with Crippen LogP contribution in [-0.4, -0.2) is 25.3 Å². The van der Waals surface area contributed by atoms with Crippen molar-refractivity contribution in [2.24, 2.45) is 5.92 Å². The van der Waals surface area contributed by atoms with Gasteiger partial charge in [-0.15, -0.1) is 0 Å². The van der Waals surface area contributed by atoms with E-state index in [-0.39, 0.29) is 17.9 Å². The maximum absolute atomic E-state index is 12.7. The molecule has 4 nitrogen and oxygen atoms in total. The predicted molar refractivity (Wildman–Crippen MR) is 76.9 cm³/mol. The Kier molecular flexibility index (Phi) is 7.01. The fourth-order valence-corrected chi connectivity index (χ4v) is 1.58. The Morgan fingerprint density at radius 3 is 2.45 bits per heavy atom. The van der Waals surface area contributed by atoms with Crippen molar-refractivity contribution in [3.63, 3.8) is 0 Å². The van der Waals surface area contributed by atoms with Gasteiger partial charge in [0.2, 0.25) is 0 Å². The summed E-state index contributed by atoms with van der Waals surface area (Å²) in [4.78, 5) is 11.6. The van der Waals surface area contributed by atoms with Crippen LogP contribution in [0, 0.1) is 11.7 Å². The molecule has 1 aromatic rings. The van der Waals surface area contributed by atoms with Crippen LogP contribution in [0.2, 0.25) is 0 Å². The van der Waals surface area contributed by atoms with E-state index in [1.807, 2.05) is 6.92 Å². The zero-order valence-corrected chi connectivity index (χ0v) is 12.3. The Balaban J connectivity index is 2.20. The SMILES string of the molecule is CC(C)COCC(C)NC(=O)NCc1ccc(F)cc1. The van der Waals surface area contributed by atoms with Crippen molar-refractivity contribution in [3.05, 3.63) is 35.6 Å². The molecule has 0 aliphatic rings. The zero-order valence-electron chi connectivity index (χ0n) is 12.3. The third-order valence-corrected chi connectivity index (χ3v) is 2.56. The summed E-state index contributed by atoms with van der Waals surface area (Å²) in [6.07, 6.45) is 0. The molecule has 0 fully saturated rings. The molecule has 1 atom stereocenters. The van der Waals surface area contributed by atoms with Gasteiger partial charge in [-0.3, -0.25) is 0 Å². The topological polar surface area (TPSA) is 50.4 Å². The first-order chi connectivity index (χ1) is 9.47. The van der Waals surface area contributed by atoms with Crippen molar-refractivity contribution in [3.8, 4) is 0 Å². The lowest BCUT2D eigenvalue weighted by atomic mass is 10.2. The zero-order chi connectivity index (χ0) is 15.0. The molecular weight excluding hydrogens is 259 g/mol. The molecule has 0 saturated carbocycles. The molecule has 0 aliphatic heterocycles. The Morgan fingerprint density at radius 1 is 1.20 bits per heavy atom. The molecule has 2 amide bonds. The van der Waals surface area contributed by atoms with Gasteiger partial charge in [0.15, 0.2) is 0 Å². The van der Waals surface area contributed by atoms with Gasteiger partial charge in [-0.2, -0.15) is 0 Å². The summed E-state index contributed by atoms with van der Waals surface area (Å²) in [5.74, 6) is 0.198. The highest BCUT2D eigenvalue weighted by Crippen LogP contribution is 2.02. The fraction of sp³-hybridized carbons (Fsp3) is 0.533. The van der Waals surface area contributed by atoms with Crippen molar-refractivity contribution < 1.29 is 13.9 Å². The molecule has 0 radical (unpaired) electrons. The van der Waals surface area contributed by atoms with Gasteiger partial charge in [-0.05, 0) is 30.5 Å². The summed E-state index contributed by atoms with van der Waals surface area (Å²) in [6, 6.07) is 5.72. The van der Waals surface area contributed by atoms with E-state index in [4.69, 9.17) is 4.74 Å². The number of carbonyl (C=O) groups excluding carboxylic acids is 1. The lowest BCUT2D eigenvalue weighted by Crippen LogP contribution is -2.42. The first-order valence-corrected chi connectivity index (χ1v) is 6.84. The number of hydrogen-bond acceptors (Lipinski definition) is 2. The molecule has 0 aromatic heterocycles. The van der Waals surface area contributed by atoms with Crippen LogP contribution in [0.25, 0.3) is 0 Å². The van der Waals surface area contributed by atoms with Gasteiger partial charge >= 0.3 is 6.03 Å². The maximum Gasteiger partial charge on any atom is 0.315 e. The quantitative estimate of drug-likeness (QED) is 0.808. The van der Waals surface area contributed by atoms with Crippen LogP contribution < -0.4 is 10.6 Å². The van der Waals surface area contributed by atoms with E-state index in [1.165, 1.54) is 12.1 Å². The molecule has 0 saturated heterocycles. The molecule has 5 heteroatoms. The number of carbonyl (C=O) groups is 1. The van der Waals surface area contributed by atoms with Gasteiger partial charge in [-0.25, -0.2) is 9.18 Å². The highest BCUT2D eigenvalue weighted by atomic mass is 19.1. The van der Waals surface area contributed by atoms with Gasteiger partial charge in [0.05, 0.1) is 12.6 Å². The van der Waals surface area contributed by atoms with E-state index in [2.05, 4.69) is 24.5 Å². The predicted octanol–water partition coefficient (Wildman–Crippen LogP) is 2.69. The van der Waals surface area contributed by atoms with Crippen LogP contribution in [0.15, 0.2) is 24.3 Å². The maximum atomic E-state index is 12.7. The average Bonchev–Trinajstić information content (AvgIpc) is 2.37. The van der Waals surface area contributed by atoms with Gasteiger partial charge < -0.3 is 15.4 Å². The average molecular weight is 282 g/mol. The van der Waals surface area contributed by atoms with Crippen LogP contribution in [0.5, 0.6) is 0 Å². The molecule has 0 heterocycles. The number of rotatable bonds is 7. The minimum Gasteiger partial charge on any atom is -0.379 e. The van der Waals surface area contributed by atoms with E-state index in [1.54, 1.807) is 12.1 Å². The highest BCUT2D eigenvalue weighted by molar-refractivity contribution is 5.74. The second kappa shape index (κ2) is 8.53. The lowest BCUT2D eigenvalue weighted by Gasteiger charge is -2.15. The summed E-state index contributed by atoms with van der Waals surface area (Å²) < 4.78 is 18.2. The van der Waals surface area contributed by atoms with E-state index in [9.17, 15) is 9.18 Å². The second-order valence-corrected chi connectivity index (χ2v) is 5.29. The minimum atomic E-state index is -0.283. The number of amides is 2. The monoisotopic (exact) mass is 282 g/mol. The van der Waals surface area contributed by atoms with Gasteiger partial charge in [0, 0.05) is 13.2 Å². The van der Waals surface area contributed by atoms with E-state index in [0.717, 1.165) is 5.56 Å². The van der Waals surface area contributed by atoms with Crippen molar-refractivity contribution in [2.45, 2.75) is 33.4 Å². The van der Waals surface area contributed by atoms with Crippen LogP contribution >= 0.6 is 0 Å². The fourth-order valence-electron chi connectivity index (χ4n) is 1.58. The van der Waals surface area contributed by atoms with Crippen molar-refractivity contribution in [1.29, 1.82) is 0 Å². The summed E-state index contributed by atoms with van der Waals surface area (Å²) in [5.41, 5.74) is 0.852. The normalized spacial score (nSPS) is 12.2. The van der Waals surface area contributed by atoms with Gasteiger partial charge in [0.1, 0.15) is 5.82 Å². The molecule has 112 valence electrons. The van der Waals surface area contributed by atoms with Crippen LogP contribution in [0.3, 0.4) is 0 Å². The van der Waals surface area contributed by atoms with Crippen LogP contribution in [0.4, 0.5) is 9.18 Å². The molecule has 1 rings (SSSR count).